The molecule has 0 aromatic carbocycles. The van der Waals surface area contributed by atoms with Gasteiger partial charge in [0.05, 0.1) is 13.2 Å². The number of morpholine rings is 1. The van der Waals surface area contributed by atoms with Gasteiger partial charge in [0.15, 0.2) is 0 Å². The van der Waals surface area contributed by atoms with Crippen LogP contribution in [0.15, 0.2) is 23.2 Å². The summed E-state index contributed by atoms with van der Waals surface area (Å²) >= 11 is 0. The number of ether oxygens (including phenoxy) is 1. The number of pyridine rings is 1. The van der Waals surface area contributed by atoms with E-state index in [1.807, 2.05) is 6.07 Å². The predicted molar refractivity (Wildman–Crippen MR) is 91.5 cm³/mol. The van der Waals surface area contributed by atoms with Crippen molar-refractivity contribution in [2.45, 2.75) is 43.0 Å². The van der Waals surface area contributed by atoms with Crippen molar-refractivity contribution >= 4 is 15.8 Å². The largest absolute Gasteiger partial charge is 0.379 e. The summed E-state index contributed by atoms with van der Waals surface area (Å²) in [6, 6.07) is 4.18. The molecule has 0 N–H and O–H groups in total. The van der Waals surface area contributed by atoms with Crippen LogP contribution in [0.1, 0.15) is 32.1 Å². The number of aromatic nitrogens is 1. The lowest BCUT2D eigenvalue weighted by Crippen LogP contribution is -2.40. The van der Waals surface area contributed by atoms with Crippen LogP contribution in [0.25, 0.3) is 0 Å². The predicted octanol–water partition coefficient (Wildman–Crippen LogP) is 1.87. The molecular weight excluding hydrogens is 326 g/mol. The highest BCUT2D eigenvalue weighted by atomic mass is 32.2. The van der Waals surface area contributed by atoms with Crippen LogP contribution in [-0.2, 0) is 14.8 Å². The lowest BCUT2D eigenvalue weighted by atomic mass is 9.85. The Balaban J connectivity index is 1.52. The van der Waals surface area contributed by atoms with Gasteiger partial charge in [0.2, 0.25) is 10.0 Å². The molecule has 3 aliphatic rings. The average molecular weight is 351 g/mol. The van der Waals surface area contributed by atoms with Crippen molar-refractivity contribution in [1.29, 1.82) is 0 Å². The Kier molecular flexibility index (Phi) is 4.49. The summed E-state index contributed by atoms with van der Waals surface area (Å²) in [5.41, 5.74) is 0. The first-order valence-electron chi connectivity index (χ1n) is 8.97. The molecule has 1 aliphatic carbocycles. The fourth-order valence-corrected chi connectivity index (χ4v) is 5.68. The van der Waals surface area contributed by atoms with Crippen molar-refractivity contribution < 1.29 is 13.2 Å². The SMILES string of the molecule is O=S(=O)(c1ccc(N2CCC3CCCCC32)nc1)N1CCOCC1. The second kappa shape index (κ2) is 6.61. The molecule has 24 heavy (non-hydrogen) atoms. The molecule has 1 aromatic rings. The first kappa shape index (κ1) is 16.3. The summed E-state index contributed by atoms with van der Waals surface area (Å²) in [5, 5.41) is 0. The number of fused-ring (bicyclic) bond motifs is 1. The lowest BCUT2D eigenvalue weighted by molar-refractivity contribution is 0.0730. The van der Waals surface area contributed by atoms with Crippen molar-refractivity contribution in [2.24, 2.45) is 5.92 Å². The summed E-state index contributed by atoms with van der Waals surface area (Å²) in [6.45, 7) is 2.79. The van der Waals surface area contributed by atoms with Gasteiger partial charge in [0.1, 0.15) is 10.7 Å². The molecule has 4 rings (SSSR count). The number of anilines is 1. The van der Waals surface area contributed by atoms with Gasteiger partial charge in [0.25, 0.3) is 0 Å². The van der Waals surface area contributed by atoms with Crippen LogP contribution in [0.2, 0.25) is 0 Å². The number of nitrogens with zero attached hydrogens (tertiary/aromatic N) is 3. The molecule has 2 aliphatic heterocycles. The smallest absolute Gasteiger partial charge is 0.244 e. The van der Waals surface area contributed by atoms with E-state index in [1.54, 1.807) is 6.07 Å². The topological polar surface area (TPSA) is 62.7 Å². The Morgan fingerprint density at radius 2 is 1.83 bits per heavy atom. The van der Waals surface area contributed by atoms with Crippen LogP contribution in [0.5, 0.6) is 0 Å². The number of sulfonamides is 1. The molecule has 0 radical (unpaired) electrons. The van der Waals surface area contributed by atoms with Crippen LogP contribution in [0.4, 0.5) is 5.82 Å². The van der Waals surface area contributed by atoms with Gasteiger partial charge in [0, 0.05) is 31.9 Å². The van der Waals surface area contributed by atoms with Gasteiger partial charge in [-0.2, -0.15) is 4.31 Å². The molecule has 3 heterocycles. The van der Waals surface area contributed by atoms with E-state index < -0.39 is 10.0 Å². The summed E-state index contributed by atoms with van der Waals surface area (Å²) in [7, 11) is -3.45. The van der Waals surface area contributed by atoms with Gasteiger partial charge < -0.3 is 9.64 Å². The third kappa shape index (κ3) is 2.93. The first-order valence-corrected chi connectivity index (χ1v) is 10.4. The molecular formula is C17H25N3O3S. The van der Waals surface area contributed by atoms with E-state index in [-0.39, 0.29) is 4.90 Å². The van der Waals surface area contributed by atoms with E-state index >= 15 is 0 Å². The van der Waals surface area contributed by atoms with Crippen molar-refractivity contribution in [1.82, 2.24) is 9.29 Å². The van der Waals surface area contributed by atoms with Gasteiger partial charge in [-0.25, -0.2) is 13.4 Å². The van der Waals surface area contributed by atoms with Crippen molar-refractivity contribution in [2.75, 3.05) is 37.7 Å². The second-order valence-electron chi connectivity index (χ2n) is 6.96. The van der Waals surface area contributed by atoms with E-state index in [0.29, 0.717) is 32.3 Å². The summed E-state index contributed by atoms with van der Waals surface area (Å²) in [4.78, 5) is 7.17. The minimum Gasteiger partial charge on any atom is -0.379 e. The molecule has 7 heteroatoms. The third-order valence-corrected chi connectivity index (χ3v) is 7.52. The van der Waals surface area contributed by atoms with Crippen molar-refractivity contribution in [3.63, 3.8) is 0 Å². The molecule has 2 atom stereocenters. The van der Waals surface area contributed by atoms with E-state index in [9.17, 15) is 8.42 Å². The zero-order valence-corrected chi connectivity index (χ0v) is 14.7. The standard InChI is InChI=1S/C17H25N3O3S/c21-24(22,19-9-11-23-12-10-19)15-5-6-17(18-13-15)20-8-7-14-3-1-2-4-16(14)20/h5-6,13-14,16H,1-4,7-12H2. The average Bonchev–Trinajstić information content (AvgIpc) is 3.07. The molecule has 1 saturated carbocycles. The van der Waals surface area contributed by atoms with Crippen LogP contribution < -0.4 is 4.90 Å². The fourth-order valence-electron chi connectivity index (χ4n) is 4.32. The van der Waals surface area contributed by atoms with E-state index in [2.05, 4.69) is 9.88 Å². The monoisotopic (exact) mass is 351 g/mol. The van der Waals surface area contributed by atoms with Crippen LogP contribution in [0, 0.1) is 5.92 Å². The van der Waals surface area contributed by atoms with Gasteiger partial charge in [-0.1, -0.05) is 12.8 Å². The second-order valence-corrected chi connectivity index (χ2v) is 8.90. The van der Waals surface area contributed by atoms with Gasteiger partial charge in [-0.05, 0) is 37.3 Å². The maximum absolute atomic E-state index is 12.7. The van der Waals surface area contributed by atoms with Gasteiger partial charge in [-0.15, -0.1) is 0 Å². The Bertz CT molecular complexity index is 671. The highest BCUT2D eigenvalue weighted by Gasteiger charge is 2.36. The zero-order valence-electron chi connectivity index (χ0n) is 13.9. The summed E-state index contributed by atoms with van der Waals surface area (Å²) in [5.74, 6) is 1.71. The minimum absolute atomic E-state index is 0.285. The van der Waals surface area contributed by atoms with Crippen LogP contribution in [-0.4, -0.2) is 56.6 Å². The minimum atomic E-state index is -3.45. The molecule has 2 unspecified atom stereocenters. The number of hydrogen-bond donors (Lipinski definition) is 0. The van der Waals surface area contributed by atoms with Crippen LogP contribution in [0.3, 0.4) is 0 Å². The highest BCUT2D eigenvalue weighted by molar-refractivity contribution is 7.89. The molecule has 0 spiro atoms. The Morgan fingerprint density at radius 3 is 2.58 bits per heavy atom. The maximum atomic E-state index is 12.7. The van der Waals surface area contributed by atoms with E-state index in [4.69, 9.17) is 4.74 Å². The van der Waals surface area contributed by atoms with Gasteiger partial charge >= 0.3 is 0 Å². The molecule has 2 saturated heterocycles. The van der Waals surface area contributed by atoms with Crippen LogP contribution >= 0.6 is 0 Å². The molecule has 6 nitrogen and oxygen atoms in total. The van der Waals surface area contributed by atoms with Gasteiger partial charge in [-0.3, -0.25) is 0 Å². The highest BCUT2D eigenvalue weighted by Crippen LogP contribution is 2.38. The van der Waals surface area contributed by atoms with Crippen molar-refractivity contribution in [3.05, 3.63) is 18.3 Å². The number of hydrogen-bond acceptors (Lipinski definition) is 5. The molecule has 3 fully saturated rings. The zero-order chi connectivity index (χ0) is 16.6. The maximum Gasteiger partial charge on any atom is 0.244 e. The molecule has 0 bridgehead atoms. The molecule has 0 amide bonds. The van der Waals surface area contributed by atoms with Crippen molar-refractivity contribution in [3.8, 4) is 0 Å². The summed E-state index contributed by atoms with van der Waals surface area (Å²) in [6.07, 6.45) is 7.96. The Morgan fingerprint density at radius 1 is 1.04 bits per heavy atom. The normalized spacial score (nSPS) is 28.8. The molecule has 132 valence electrons. The number of rotatable bonds is 3. The Labute approximate surface area is 143 Å². The Hall–Kier alpha value is -1.18. The van der Waals surface area contributed by atoms with E-state index in [1.165, 1.54) is 42.6 Å². The lowest BCUT2D eigenvalue weighted by Gasteiger charge is -2.32. The summed E-state index contributed by atoms with van der Waals surface area (Å²) < 4.78 is 32.1. The quantitative estimate of drug-likeness (QED) is 0.832. The van der Waals surface area contributed by atoms with E-state index in [0.717, 1.165) is 18.3 Å². The fraction of sp³-hybridized carbons (Fsp3) is 0.706. The first-order chi connectivity index (χ1) is 11.7. The molecule has 1 aromatic heterocycles. The third-order valence-electron chi connectivity index (χ3n) is 5.63.